The molecule has 0 unspecified atom stereocenters. The predicted octanol–water partition coefficient (Wildman–Crippen LogP) is 1.67. The minimum Gasteiger partial charge on any atom is -0.379 e. The van der Waals surface area contributed by atoms with Gasteiger partial charge in [-0.3, -0.25) is 14.2 Å². The van der Waals surface area contributed by atoms with Crippen molar-refractivity contribution < 1.29 is 17.9 Å². The Morgan fingerprint density at radius 3 is 2.56 bits per heavy atom. The topological polar surface area (TPSA) is 88.9 Å². The highest BCUT2D eigenvalue weighted by Crippen LogP contribution is 2.25. The zero-order valence-electron chi connectivity index (χ0n) is 17.4. The Morgan fingerprint density at radius 1 is 1.03 bits per heavy atom. The van der Waals surface area contributed by atoms with Gasteiger partial charge in [-0.2, -0.15) is 4.31 Å². The molecule has 0 saturated carbocycles. The quantitative estimate of drug-likeness (QED) is 0.575. The maximum absolute atomic E-state index is 13.0. The molecule has 10 heteroatoms. The second-order valence-corrected chi connectivity index (χ2v) is 10.9. The van der Waals surface area contributed by atoms with Crippen LogP contribution >= 0.6 is 11.3 Å². The van der Waals surface area contributed by atoms with Crippen molar-refractivity contribution in [2.45, 2.75) is 24.4 Å². The van der Waals surface area contributed by atoms with Crippen LogP contribution in [0.5, 0.6) is 0 Å². The van der Waals surface area contributed by atoms with Crippen LogP contribution in [0, 0.1) is 0 Å². The molecule has 3 heterocycles. The molecule has 2 aromatic carbocycles. The fourth-order valence-electron chi connectivity index (χ4n) is 4.24. The third-order valence-corrected chi connectivity index (χ3v) is 8.86. The van der Waals surface area contributed by atoms with Gasteiger partial charge >= 0.3 is 4.87 Å². The van der Waals surface area contributed by atoms with Crippen molar-refractivity contribution in [2.24, 2.45) is 0 Å². The summed E-state index contributed by atoms with van der Waals surface area (Å²) in [6.07, 6.45) is 0.796. The van der Waals surface area contributed by atoms with E-state index in [2.05, 4.69) is 6.07 Å². The lowest BCUT2D eigenvalue weighted by atomic mass is 10.00. The van der Waals surface area contributed by atoms with Crippen LogP contribution in [-0.2, 0) is 39.1 Å². The number of thiazole rings is 1. The van der Waals surface area contributed by atoms with Crippen LogP contribution in [0.3, 0.4) is 0 Å². The van der Waals surface area contributed by atoms with E-state index in [0.717, 1.165) is 23.3 Å². The summed E-state index contributed by atoms with van der Waals surface area (Å²) in [6.45, 7) is 2.46. The van der Waals surface area contributed by atoms with Crippen LogP contribution in [-0.4, -0.2) is 60.9 Å². The third-order valence-electron chi connectivity index (χ3n) is 6.02. The molecule has 8 nitrogen and oxygen atoms in total. The summed E-state index contributed by atoms with van der Waals surface area (Å²) in [4.78, 5) is 27.3. The fraction of sp³-hybridized carbons (Fsp3) is 0.364. The van der Waals surface area contributed by atoms with Crippen molar-refractivity contribution in [3.05, 3.63) is 63.3 Å². The minimum atomic E-state index is -3.65. The standard InChI is InChI=1S/C22H23N3O5S2/c26-21(23-8-7-16-3-1-2-4-17(16)14-23)15-25-19-6-5-18(13-20(19)31-22(25)27)32(28,29)24-9-11-30-12-10-24/h1-6,13H,7-12,14-15H2. The number of rotatable bonds is 4. The molecule has 0 bridgehead atoms. The van der Waals surface area contributed by atoms with Crippen LogP contribution in [0.2, 0.25) is 0 Å². The molecule has 1 saturated heterocycles. The zero-order valence-corrected chi connectivity index (χ0v) is 19.0. The molecule has 2 aliphatic rings. The number of hydrogen-bond acceptors (Lipinski definition) is 6. The first-order chi connectivity index (χ1) is 15.4. The van der Waals surface area contributed by atoms with Gasteiger partial charge in [0.2, 0.25) is 15.9 Å². The lowest BCUT2D eigenvalue weighted by Gasteiger charge is -2.29. The van der Waals surface area contributed by atoms with E-state index in [1.165, 1.54) is 26.6 Å². The minimum absolute atomic E-state index is 0.0590. The van der Waals surface area contributed by atoms with Crippen molar-refractivity contribution in [1.82, 2.24) is 13.8 Å². The Balaban J connectivity index is 1.39. The number of nitrogens with zero attached hydrogens (tertiary/aromatic N) is 3. The summed E-state index contributed by atoms with van der Waals surface area (Å²) in [5.41, 5.74) is 2.96. The number of morpholine rings is 1. The molecule has 168 valence electrons. The van der Waals surface area contributed by atoms with Gasteiger partial charge in [0.1, 0.15) is 6.54 Å². The average Bonchev–Trinajstić information content (AvgIpc) is 3.13. The maximum atomic E-state index is 13.0. The number of benzene rings is 2. The van der Waals surface area contributed by atoms with Gasteiger partial charge in [-0.25, -0.2) is 8.42 Å². The van der Waals surface area contributed by atoms with Gasteiger partial charge in [0.05, 0.1) is 28.3 Å². The van der Waals surface area contributed by atoms with Crippen LogP contribution in [0.25, 0.3) is 10.2 Å². The van der Waals surface area contributed by atoms with Gasteiger partial charge in [0.25, 0.3) is 0 Å². The van der Waals surface area contributed by atoms with E-state index in [-0.39, 0.29) is 22.2 Å². The third kappa shape index (κ3) is 3.88. The van der Waals surface area contributed by atoms with Gasteiger partial charge in [-0.05, 0) is 35.7 Å². The Morgan fingerprint density at radius 2 is 1.78 bits per heavy atom. The molecule has 0 spiro atoms. The molecule has 1 aromatic heterocycles. The maximum Gasteiger partial charge on any atom is 0.308 e. The molecule has 0 atom stereocenters. The smallest absolute Gasteiger partial charge is 0.308 e. The molecular weight excluding hydrogens is 450 g/mol. The van der Waals surface area contributed by atoms with E-state index in [1.54, 1.807) is 11.0 Å². The Labute approximate surface area is 189 Å². The summed E-state index contributed by atoms with van der Waals surface area (Å²) in [6, 6.07) is 12.7. The summed E-state index contributed by atoms with van der Waals surface area (Å²) in [7, 11) is -3.65. The lowest BCUT2D eigenvalue weighted by molar-refractivity contribution is -0.132. The molecule has 0 aliphatic carbocycles. The van der Waals surface area contributed by atoms with Crippen molar-refractivity contribution in [3.63, 3.8) is 0 Å². The Hall–Kier alpha value is -2.53. The van der Waals surface area contributed by atoms with Crippen molar-refractivity contribution >= 4 is 37.5 Å². The molecule has 3 aromatic rings. The number of carbonyl (C=O) groups is 1. The van der Waals surface area contributed by atoms with Crippen LogP contribution in [0.4, 0.5) is 0 Å². The SMILES string of the molecule is O=C(Cn1c(=O)sc2cc(S(=O)(=O)N3CCOCC3)ccc21)N1CCc2ccccc2C1. The van der Waals surface area contributed by atoms with Crippen LogP contribution < -0.4 is 4.87 Å². The van der Waals surface area contributed by atoms with Crippen LogP contribution in [0.15, 0.2) is 52.2 Å². The van der Waals surface area contributed by atoms with Crippen molar-refractivity contribution in [3.8, 4) is 0 Å². The van der Waals surface area contributed by atoms with Gasteiger partial charge in [0.15, 0.2) is 0 Å². The van der Waals surface area contributed by atoms with E-state index in [1.807, 2.05) is 18.2 Å². The molecule has 1 fully saturated rings. The van der Waals surface area contributed by atoms with E-state index in [0.29, 0.717) is 49.6 Å². The monoisotopic (exact) mass is 473 g/mol. The van der Waals surface area contributed by atoms with Crippen LogP contribution in [0.1, 0.15) is 11.1 Å². The van der Waals surface area contributed by atoms with Crippen molar-refractivity contribution in [2.75, 3.05) is 32.8 Å². The summed E-state index contributed by atoms with van der Waals surface area (Å²) in [5, 5.41) is 0. The number of aromatic nitrogens is 1. The molecule has 32 heavy (non-hydrogen) atoms. The number of carbonyl (C=O) groups excluding carboxylic acids is 1. The molecule has 2 aliphatic heterocycles. The molecule has 1 amide bonds. The highest BCUT2D eigenvalue weighted by Gasteiger charge is 2.27. The predicted molar refractivity (Wildman–Crippen MR) is 121 cm³/mol. The Bertz CT molecular complexity index is 1340. The van der Waals surface area contributed by atoms with Gasteiger partial charge < -0.3 is 9.64 Å². The number of amides is 1. The molecular formula is C22H23N3O5S2. The molecule has 0 N–H and O–H groups in total. The van der Waals surface area contributed by atoms with Crippen molar-refractivity contribution in [1.29, 1.82) is 0 Å². The van der Waals surface area contributed by atoms with Gasteiger partial charge in [-0.15, -0.1) is 0 Å². The second kappa shape index (κ2) is 8.43. The molecule has 0 radical (unpaired) electrons. The summed E-state index contributed by atoms with van der Waals surface area (Å²) < 4.78 is 34.5. The first kappa shape index (κ1) is 21.3. The Kier molecular flexibility index (Phi) is 5.62. The first-order valence-electron chi connectivity index (χ1n) is 10.5. The second-order valence-electron chi connectivity index (χ2n) is 7.93. The van der Waals surface area contributed by atoms with E-state index in [4.69, 9.17) is 4.74 Å². The van der Waals surface area contributed by atoms with E-state index >= 15 is 0 Å². The zero-order chi connectivity index (χ0) is 22.3. The van der Waals surface area contributed by atoms with E-state index < -0.39 is 10.0 Å². The van der Waals surface area contributed by atoms with Gasteiger partial charge in [-0.1, -0.05) is 35.6 Å². The number of sulfonamides is 1. The molecule has 5 rings (SSSR count). The normalized spacial score (nSPS) is 17.4. The largest absolute Gasteiger partial charge is 0.379 e. The number of ether oxygens (including phenoxy) is 1. The summed E-state index contributed by atoms with van der Waals surface area (Å²) >= 11 is 0.962. The highest BCUT2D eigenvalue weighted by molar-refractivity contribution is 7.89. The van der Waals surface area contributed by atoms with E-state index in [9.17, 15) is 18.0 Å². The fourth-order valence-corrected chi connectivity index (χ4v) is 6.68. The summed E-state index contributed by atoms with van der Waals surface area (Å²) in [5.74, 6) is -0.119. The number of fused-ring (bicyclic) bond motifs is 2. The average molecular weight is 474 g/mol. The first-order valence-corrected chi connectivity index (χ1v) is 12.7. The highest BCUT2D eigenvalue weighted by atomic mass is 32.2. The number of hydrogen-bond donors (Lipinski definition) is 0. The van der Waals surface area contributed by atoms with Gasteiger partial charge in [0, 0.05) is 26.2 Å². The lowest BCUT2D eigenvalue weighted by Crippen LogP contribution is -2.40.